The summed E-state index contributed by atoms with van der Waals surface area (Å²) in [6.07, 6.45) is 3.21. The van der Waals surface area contributed by atoms with E-state index in [4.69, 9.17) is 9.47 Å². The van der Waals surface area contributed by atoms with Crippen LogP contribution in [0.4, 0.5) is 5.69 Å². The van der Waals surface area contributed by atoms with Crippen LogP contribution in [0.5, 0.6) is 11.5 Å². The molecular formula is C24H30N6O5. The van der Waals surface area contributed by atoms with Gasteiger partial charge in [-0.2, -0.15) is 0 Å². The molecule has 4 heterocycles. The molecule has 35 heavy (non-hydrogen) atoms. The Labute approximate surface area is 201 Å². The van der Waals surface area contributed by atoms with E-state index in [-0.39, 0.29) is 18.6 Å². The monoisotopic (exact) mass is 482 g/mol. The molecule has 5 rings (SSSR count). The first-order chi connectivity index (χ1) is 16.9. The van der Waals surface area contributed by atoms with Crippen LogP contribution in [0.15, 0.2) is 27.8 Å². The Hall–Kier alpha value is -3.60. The first-order valence-electron chi connectivity index (χ1n) is 12.1. The Kier molecular flexibility index (Phi) is 6.33. The van der Waals surface area contributed by atoms with Gasteiger partial charge in [0.15, 0.2) is 22.7 Å². The fraction of sp³-hybridized carbons (Fsp3) is 0.500. The van der Waals surface area contributed by atoms with Crippen molar-refractivity contribution >= 4 is 22.8 Å². The normalized spacial score (nSPS) is 16.2. The molecule has 2 aliphatic heterocycles. The average molecular weight is 483 g/mol. The summed E-state index contributed by atoms with van der Waals surface area (Å²) in [4.78, 5) is 47.0. The zero-order chi connectivity index (χ0) is 24.5. The zero-order valence-corrected chi connectivity index (χ0v) is 20.0. The van der Waals surface area contributed by atoms with Crippen molar-refractivity contribution in [1.82, 2.24) is 24.0 Å². The lowest BCUT2D eigenvalue weighted by Crippen LogP contribution is -2.38. The minimum atomic E-state index is -0.421. The van der Waals surface area contributed by atoms with Crippen molar-refractivity contribution in [3.05, 3.63) is 44.9 Å². The number of anilines is 1. The summed E-state index contributed by atoms with van der Waals surface area (Å²) in [6.45, 7) is 4.79. The van der Waals surface area contributed by atoms with Crippen molar-refractivity contribution in [2.75, 3.05) is 25.2 Å². The number of nitrogens with one attached hydrogen (secondary N) is 2. The Balaban J connectivity index is 1.24. The molecule has 1 amide bonds. The lowest BCUT2D eigenvalue weighted by atomic mass is 9.96. The third-order valence-electron chi connectivity index (χ3n) is 6.80. The summed E-state index contributed by atoms with van der Waals surface area (Å²) in [7, 11) is 1.81. The van der Waals surface area contributed by atoms with Crippen molar-refractivity contribution < 1.29 is 14.3 Å². The Morgan fingerprint density at radius 3 is 2.74 bits per heavy atom. The van der Waals surface area contributed by atoms with Gasteiger partial charge in [0.1, 0.15) is 5.82 Å². The van der Waals surface area contributed by atoms with Gasteiger partial charge in [-0.25, -0.2) is 9.78 Å². The van der Waals surface area contributed by atoms with Crippen LogP contribution in [0.3, 0.4) is 0 Å². The number of rotatable bonds is 7. The molecule has 0 saturated carbocycles. The second-order valence-electron chi connectivity index (χ2n) is 9.13. The predicted molar refractivity (Wildman–Crippen MR) is 130 cm³/mol. The number of imidazole rings is 1. The highest BCUT2D eigenvalue weighted by atomic mass is 16.7. The highest BCUT2D eigenvalue weighted by Crippen LogP contribution is 2.34. The van der Waals surface area contributed by atoms with E-state index in [0.29, 0.717) is 41.4 Å². The largest absolute Gasteiger partial charge is 0.454 e. The van der Waals surface area contributed by atoms with Gasteiger partial charge in [0.05, 0.1) is 6.54 Å². The van der Waals surface area contributed by atoms with E-state index in [1.54, 1.807) is 28.3 Å². The highest BCUT2D eigenvalue weighted by Gasteiger charge is 2.27. The van der Waals surface area contributed by atoms with Crippen LogP contribution >= 0.6 is 0 Å². The van der Waals surface area contributed by atoms with Gasteiger partial charge >= 0.3 is 5.69 Å². The number of carbonyl (C=O) groups is 1. The van der Waals surface area contributed by atoms with Gasteiger partial charge in [-0.05, 0) is 44.5 Å². The fourth-order valence-electron chi connectivity index (χ4n) is 4.73. The van der Waals surface area contributed by atoms with Gasteiger partial charge in [-0.15, -0.1) is 0 Å². The number of ether oxygens (including phenoxy) is 2. The Bertz CT molecular complexity index is 1370. The van der Waals surface area contributed by atoms with Crippen LogP contribution in [-0.4, -0.2) is 49.8 Å². The number of nitrogens with zero attached hydrogens (tertiary/aromatic N) is 4. The van der Waals surface area contributed by atoms with Crippen LogP contribution in [0.2, 0.25) is 0 Å². The molecule has 1 fully saturated rings. The van der Waals surface area contributed by atoms with Crippen molar-refractivity contribution in [2.24, 2.45) is 13.0 Å². The third-order valence-corrected chi connectivity index (χ3v) is 6.80. The topological polar surface area (TPSA) is 123 Å². The van der Waals surface area contributed by atoms with Gasteiger partial charge < -0.3 is 19.4 Å². The molecule has 0 bridgehead atoms. The van der Waals surface area contributed by atoms with E-state index in [0.717, 1.165) is 44.6 Å². The van der Waals surface area contributed by atoms with Crippen molar-refractivity contribution in [2.45, 2.75) is 45.7 Å². The molecule has 1 aromatic carbocycles. The van der Waals surface area contributed by atoms with E-state index in [2.05, 4.69) is 27.1 Å². The number of aromatic amines is 1. The third kappa shape index (κ3) is 4.55. The van der Waals surface area contributed by atoms with E-state index in [1.807, 2.05) is 6.07 Å². The first-order valence-corrected chi connectivity index (χ1v) is 12.1. The van der Waals surface area contributed by atoms with Crippen molar-refractivity contribution in [1.29, 1.82) is 0 Å². The molecule has 2 aromatic heterocycles. The Morgan fingerprint density at radius 1 is 1.20 bits per heavy atom. The molecule has 0 spiro atoms. The predicted octanol–water partition coefficient (Wildman–Crippen LogP) is 1.80. The van der Waals surface area contributed by atoms with E-state index in [9.17, 15) is 14.4 Å². The van der Waals surface area contributed by atoms with Crippen LogP contribution in [0.25, 0.3) is 11.2 Å². The van der Waals surface area contributed by atoms with Gasteiger partial charge in [0.25, 0.3) is 5.56 Å². The number of fused-ring (bicyclic) bond motifs is 2. The lowest BCUT2D eigenvalue weighted by Gasteiger charge is -2.30. The van der Waals surface area contributed by atoms with Crippen molar-refractivity contribution in [3.63, 3.8) is 0 Å². The minimum absolute atomic E-state index is 0.00211. The van der Waals surface area contributed by atoms with E-state index >= 15 is 0 Å². The summed E-state index contributed by atoms with van der Waals surface area (Å²) in [5.41, 5.74) is 0.699. The molecule has 1 saturated heterocycles. The lowest BCUT2D eigenvalue weighted by molar-refractivity contribution is -0.121. The quantitative estimate of drug-likeness (QED) is 0.526. The SMILES string of the molecule is CCCCn1c(=O)[nH]c(=O)c2c1nc(CN1CCC(C(=O)Nc3ccc4c(c3)OCO4)CC1)n2C. The number of aryl methyl sites for hydroxylation is 2. The van der Waals surface area contributed by atoms with Gasteiger partial charge in [0.2, 0.25) is 12.7 Å². The number of likely N-dealkylation sites (tertiary alicyclic amines) is 1. The maximum absolute atomic E-state index is 12.8. The molecule has 0 radical (unpaired) electrons. The van der Waals surface area contributed by atoms with E-state index in [1.165, 1.54) is 0 Å². The van der Waals surface area contributed by atoms with Crippen LogP contribution in [0.1, 0.15) is 38.4 Å². The standard InChI is InChI=1S/C24H30N6O5/c1-3-4-9-30-21-20(23(32)27-24(30)33)28(2)19(26-21)13-29-10-7-15(8-11-29)22(31)25-16-5-6-17-18(12-16)35-14-34-17/h5-6,12,15H,3-4,7-11,13-14H2,1-2H3,(H,25,31)(H,27,32,33). The highest BCUT2D eigenvalue weighted by molar-refractivity contribution is 5.93. The molecule has 186 valence electrons. The van der Waals surface area contributed by atoms with Crippen LogP contribution in [0, 0.1) is 5.92 Å². The molecule has 11 nitrogen and oxygen atoms in total. The Morgan fingerprint density at radius 2 is 1.97 bits per heavy atom. The number of hydrogen-bond acceptors (Lipinski definition) is 7. The number of hydrogen-bond donors (Lipinski definition) is 2. The molecule has 2 N–H and O–H groups in total. The first kappa shape index (κ1) is 23.2. The molecular weight excluding hydrogens is 452 g/mol. The number of carbonyl (C=O) groups excluding carboxylic acids is 1. The summed E-state index contributed by atoms with van der Waals surface area (Å²) in [6, 6.07) is 5.39. The number of benzene rings is 1. The summed E-state index contributed by atoms with van der Waals surface area (Å²) in [5.74, 6) is 1.96. The number of H-pyrrole nitrogens is 1. The second kappa shape index (κ2) is 9.57. The summed E-state index contributed by atoms with van der Waals surface area (Å²) in [5, 5.41) is 2.99. The maximum atomic E-state index is 12.8. The van der Waals surface area contributed by atoms with Crippen LogP contribution < -0.4 is 26.0 Å². The summed E-state index contributed by atoms with van der Waals surface area (Å²) >= 11 is 0. The number of amides is 1. The molecule has 0 aliphatic carbocycles. The summed E-state index contributed by atoms with van der Waals surface area (Å²) < 4.78 is 14.0. The molecule has 2 aliphatic rings. The zero-order valence-electron chi connectivity index (χ0n) is 20.0. The smallest absolute Gasteiger partial charge is 0.330 e. The van der Waals surface area contributed by atoms with E-state index < -0.39 is 11.2 Å². The number of piperidine rings is 1. The van der Waals surface area contributed by atoms with Gasteiger partial charge in [0, 0.05) is 31.3 Å². The molecule has 11 heteroatoms. The molecule has 0 atom stereocenters. The van der Waals surface area contributed by atoms with Crippen molar-refractivity contribution in [3.8, 4) is 11.5 Å². The minimum Gasteiger partial charge on any atom is -0.454 e. The fourth-order valence-corrected chi connectivity index (χ4v) is 4.73. The van der Waals surface area contributed by atoms with Gasteiger partial charge in [-0.1, -0.05) is 13.3 Å². The average Bonchev–Trinajstić information content (AvgIpc) is 3.43. The second-order valence-corrected chi connectivity index (χ2v) is 9.13. The molecule has 3 aromatic rings. The van der Waals surface area contributed by atoms with Crippen LogP contribution in [-0.2, 0) is 24.9 Å². The molecule has 0 unspecified atom stereocenters. The van der Waals surface area contributed by atoms with Gasteiger partial charge in [-0.3, -0.25) is 24.0 Å². The number of aromatic nitrogens is 4. The number of unbranched alkanes of at least 4 members (excludes halogenated alkanes) is 1. The maximum Gasteiger partial charge on any atom is 0.330 e.